The van der Waals surface area contributed by atoms with E-state index in [0.717, 1.165) is 5.56 Å². The second-order valence-corrected chi connectivity index (χ2v) is 7.47. The van der Waals surface area contributed by atoms with Crippen LogP contribution in [0.1, 0.15) is 46.0 Å². The highest BCUT2D eigenvalue weighted by Gasteiger charge is 2.25. The number of rotatable bonds is 6. The van der Waals surface area contributed by atoms with Gasteiger partial charge in [0.2, 0.25) is 0 Å². The second kappa shape index (κ2) is 9.02. The van der Waals surface area contributed by atoms with E-state index in [2.05, 4.69) is 18.7 Å². The van der Waals surface area contributed by atoms with Gasteiger partial charge in [0.1, 0.15) is 5.75 Å². The van der Waals surface area contributed by atoms with Crippen LogP contribution in [0.5, 0.6) is 5.75 Å². The maximum atomic E-state index is 12.8. The quantitative estimate of drug-likeness (QED) is 0.720. The minimum Gasteiger partial charge on any atom is -0.496 e. The fourth-order valence-electron chi connectivity index (χ4n) is 3.45. The Morgan fingerprint density at radius 1 is 0.964 bits per heavy atom. The molecule has 2 aromatic carbocycles. The molecule has 2 aromatic rings. The molecule has 1 fully saturated rings. The minimum absolute atomic E-state index is 0.0206. The number of carbonyl (C=O) groups excluding carboxylic acids is 2. The SMILES string of the molecule is COc1ccccc1C(=O)N1CCN(CC(=O)c2ccc(C(C)C)cc2)CC1. The van der Waals surface area contributed by atoms with Crippen LogP contribution in [0.3, 0.4) is 0 Å². The van der Waals surface area contributed by atoms with E-state index >= 15 is 0 Å². The summed E-state index contributed by atoms with van der Waals surface area (Å²) in [6, 6.07) is 15.2. The van der Waals surface area contributed by atoms with Crippen LogP contribution in [0.25, 0.3) is 0 Å². The molecule has 0 spiro atoms. The summed E-state index contributed by atoms with van der Waals surface area (Å²) >= 11 is 0. The van der Waals surface area contributed by atoms with E-state index in [1.165, 1.54) is 5.56 Å². The molecule has 1 heterocycles. The number of hydrogen-bond acceptors (Lipinski definition) is 4. The topological polar surface area (TPSA) is 49.9 Å². The Kier molecular flexibility index (Phi) is 6.47. The Morgan fingerprint density at radius 3 is 2.21 bits per heavy atom. The number of carbonyl (C=O) groups is 2. The molecule has 0 unspecified atom stereocenters. The normalized spacial score (nSPS) is 14.9. The third kappa shape index (κ3) is 4.60. The number of benzene rings is 2. The van der Waals surface area contributed by atoms with Crippen molar-refractivity contribution in [3.8, 4) is 5.75 Å². The van der Waals surface area contributed by atoms with Crippen molar-refractivity contribution in [1.82, 2.24) is 9.80 Å². The van der Waals surface area contributed by atoms with E-state index in [-0.39, 0.29) is 11.7 Å². The van der Waals surface area contributed by atoms with Gasteiger partial charge < -0.3 is 9.64 Å². The van der Waals surface area contributed by atoms with Gasteiger partial charge in [-0.1, -0.05) is 50.2 Å². The van der Waals surface area contributed by atoms with Crippen molar-refractivity contribution in [2.45, 2.75) is 19.8 Å². The predicted molar refractivity (Wildman–Crippen MR) is 110 cm³/mol. The summed E-state index contributed by atoms with van der Waals surface area (Å²) in [5.74, 6) is 1.15. The predicted octanol–water partition coefficient (Wildman–Crippen LogP) is 3.46. The van der Waals surface area contributed by atoms with Crippen molar-refractivity contribution < 1.29 is 14.3 Å². The molecule has 0 bridgehead atoms. The van der Waals surface area contributed by atoms with Crippen LogP contribution in [0, 0.1) is 0 Å². The zero-order chi connectivity index (χ0) is 20.1. The molecule has 1 saturated heterocycles. The molecule has 0 atom stereocenters. The summed E-state index contributed by atoms with van der Waals surface area (Å²) < 4.78 is 5.30. The van der Waals surface area contributed by atoms with E-state index in [1.54, 1.807) is 19.2 Å². The van der Waals surface area contributed by atoms with Crippen molar-refractivity contribution in [3.05, 3.63) is 65.2 Å². The maximum absolute atomic E-state index is 12.8. The minimum atomic E-state index is -0.0206. The van der Waals surface area contributed by atoms with Gasteiger partial charge >= 0.3 is 0 Å². The summed E-state index contributed by atoms with van der Waals surface area (Å²) in [6.07, 6.45) is 0. The van der Waals surface area contributed by atoms with Gasteiger partial charge in [-0.05, 0) is 23.6 Å². The van der Waals surface area contributed by atoms with E-state index in [1.807, 2.05) is 41.3 Å². The number of piperazine rings is 1. The Hall–Kier alpha value is -2.66. The van der Waals surface area contributed by atoms with E-state index in [9.17, 15) is 9.59 Å². The summed E-state index contributed by atoms with van der Waals surface area (Å²) in [5.41, 5.74) is 2.57. The lowest BCUT2D eigenvalue weighted by Gasteiger charge is -2.34. The van der Waals surface area contributed by atoms with E-state index < -0.39 is 0 Å². The molecule has 3 rings (SSSR count). The number of Topliss-reactive ketones (excluding diaryl/α,β-unsaturated/α-hetero) is 1. The largest absolute Gasteiger partial charge is 0.496 e. The lowest BCUT2D eigenvalue weighted by molar-refractivity contribution is 0.0621. The number of ether oxygens (including phenoxy) is 1. The van der Waals surface area contributed by atoms with Gasteiger partial charge in [0.05, 0.1) is 19.2 Å². The zero-order valence-corrected chi connectivity index (χ0v) is 16.9. The summed E-state index contributed by atoms with van der Waals surface area (Å²) in [4.78, 5) is 29.3. The van der Waals surface area contributed by atoms with E-state index in [0.29, 0.717) is 50.0 Å². The molecular weight excluding hydrogens is 352 g/mol. The zero-order valence-electron chi connectivity index (χ0n) is 16.9. The molecule has 0 saturated carbocycles. The molecule has 0 aliphatic carbocycles. The van der Waals surface area contributed by atoms with Crippen molar-refractivity contribution >= 4 is 11.7 Å². The number of para-hydroxylation sites is 1. The lowest BCUT2D eigenvalue weighted by atomic mass is 10.0. The van der Waals surface area contributed by atoms with Crippen molar-refractivity contribution in [2.75, 3.05) is 39.8 Å². The third-order valence-corrected chi connectivity index (χ3v) is 5.26. The van der Waals surface area contributed by atoms with E-state index in [4.69, 9.17) is 4.74 Å². The Bertz CT molecular complexity index is 822. The fourth-order valence-corrected chi connectivity index (χ4v) is 3.45. The molecule has 0 aromatic heterocycles. The Morgan fingerprint density at radius 2 is 1.61 bits per heavy atom. The molecular formula is C23H28N2O3. The fraction of sp³-hybridized carbons (Fsp3) is 0.391. The van der Waals surface area contributed by atoms with Gasteiger partial charge in [0, 0.05) is 31.7 Å². The highest BCUT2D eigenvalue weighted by Crippen LogP contribution is 2.20. The van der Waals surface area contributed by atoms with Crippen LogP contribution < -0.4 is 4.74 Å². The summed E-state index contributed by atoms with van der Waals surface area (Å²) in [5, 5.41) is 0. The number of ketones is 1. The number of amides is 1. The third-order valence-electron chi connectivity index (χ3n) is 5.26. The highest BCUT2D eigenvalue weighted by atomic mass is 16.5. The number of methoxy groups -OCH3 is 1. The monoisotopic (exact) mass is 380 g/mol. The van der Waals surface area contributed by atoms with Crippen molar-refractivity contribution in [3.63, 3.8) is 0 Å². The molecule has 5 nitrogen and oxygen atoms in total. The molecule has 1 amide bonds. The van der Waals surface area contributed by atoms with Crippen LogP contribution in [-0.4, -0.2) is 61.3 Å². The van der Waals surface area contributed by atoms with Crippen molar-refractivity contribution in [1.29, 1.82) is 0 Å². The average molecular weight is 380 g/mol. The molecule has 0 N–H and O–H groups in total. The van der Waals surface area contributed by atoms with Crippen molar-refractivity contribution in [2.24, 2.45) is 0 Å². The highest BCUT2D eigenvalue weighted by molar-refractivity contribution is 5.98. The van der Waals surface area contributed by atoms with Gasteiger partial charge in [-0.25, -0.2) is 0 Å². The number of hydrogen-bond donors (Lipinski definition) is 0. The smallest absolute Gasteiger partial charge is 0.257 e. The van der Waals surface area contributed by atoms with Gasteiger partial charge in [-0.2, -0.15) is 0 Å². The lowest BCUT2D eigenvalue weighted by Crippen LogP contribution is -2.49. The van der Waals surface area contributed by atoms with Crippen LogP contribution in [0.2, 0.25) is 0 Å². The summed E-state index contributed by atoms with van der Waals surface area (Å²) in [6.45, 7) is 7.27. The average Bonchev–Trinajstić information content (AvgIpc) is 2.73. The second-order valence-electron chi connectivity index (χ2n) is 7.47. The molecule has 0 radical (unpaired) electrons. The molecule has 1 aliphatic rings. The Balaban J connectivity index is 1.55. The first kappa shape index (κ1) is 20.1. The molecule has 5 heteroatoms. The van der Waals surface area contributed by atoms with Crippen LogP contribution >= 0.6 is 0 Å². The number of nitrogens with zero attached hydrogens (tertiary/aromatic N) is 2. The Labute approximate surface area is 166 Å². The standard InChI is InChI=1S/C23H28N2O3/c1-17(2)18-8-10-19(11-9-18)21(26)16-24-12-14-25(15-13-24)23(27)20-6-4-5-7-22(20)28-3/h4-11,17H,12-16H2,1-3H3. The van der Waals surface area contributed by atoms with Gasteiger partial charge in [-0.15, -0.1) is 0 Å². The molecule has 148 valence electrons. The summed E-state index contributed by atoms with van der Waals surface area (Å²) in [7, 11) is 1.57. The van der Waals surface area contributed by atoms with Crippen LogP contribution in [-0.2, 0) is 0 Å². The first-order valence-electron chi connectivity index (χ1n) is 9.77. The van der Waals surface area contributed by atoms with Crippen LogP contribution in [0.4, 0.5) is 0 Å². The maximum Gasteiger partial charge on any atom is 0.257 e. The van der Waals surface area contributed by atoms with Gasteiger partial charge in [-0.3, -0.25) is 14.5 Å². The van der Waals surface area contributed by atoms with Gasteiger partial charge in [0.25, 0.3) is 5.91 Å². The molecule has 1 aliphatic heterocycles. The first-order chi connectivity index (χ1) is 13.5. The van der Waals surface area contributed by atoms with Crippen LogP contribution in [0.15, 0.2) is 48.5 Å². The van der Waals surface area contributed by atoms with Gasteiger partial charge in [0.15, 0.2) is 5.78 Å². The molecule has 28 heavy (non-hydrogen) atoms. The first-order valence-corrected chi connectivity index (χ1v) is 9.77.